The molecule has 6 heteroatoms. The molecule has 1 heterocycles. The minimum atomic E-state index is 0.236. The van der Waals surface area contributed by atoms with Crippen LogP contribution in [0.1, 0.15) is 0 Å². The first kappa shape index (κ1) is 10.1. The molecule has 3 N–H and O–H groups in total. The van der Waals surface area contributed by atoms with Gasteiger partial charge in [-0.3, -0.25) is 0 Å². The Balaban J connectivity index is 2.77. The summed E-state index contributed by atoms with van der Waals surface area (Å²) < 4.78 is 0. The maximum atomic E-state index is 5.79. The first-order valence-electron chi connectivity index (χ1n) is 3.44. The highest BCUT2D eigenvalue weighted by atomic mass is 35.5. The van der Waals surface area contributed by atoms with Crippen LogP contribution in [-0.2, 0) is 0 Å². The van der Waals surface area contributed by atoms with Crippen LogP contribution in [0.2, 0.25) is 5.02 Å². The highest BCUT2D eigenvalue weighted by Crippen LogP contribution is 2.23. The van der Waals surface area contributed by atoms with Crippen molar-refractivity contribution in [1.29, 1.82) is 0 Å². The van der Waals surface area contributed by atoms with Gasteiger partial charge in [-0.2, -0.15) is 0 Å². The average Bonchev–Trinajstić information content (AvgIpc) is 2.07. The van der Waals surface area contributed by atoms with E-state index < -0.39 is 0 Å². The molecule has 0 bridgehead atoms. The van der Waals surface area contributed by atoms with Crippen molar-refractivity contribution in [2.45, 2.75) is 0 Å². The Bertz CT molecular complexity index is 326. The molecule has 0 saturated heterocycles. The summed E-state index contributed by atoms with van der Waals surface area (Å²) in [6.45, 7) is 3.89. The van der Waals surface area contributed by atoms with Gasteiger partial charge in [0.15, 0.2) is 5.82 Å². The number of rotatable bonds is 3. The van der Waals surface area contributed by atoms with Gasteiger partial charge in [-0.1, -0.05) is 29.8 Å². The second-order valence-corrected chi connectivity index (χ2v) is 3.20. The van der Waals surface area contributed by atoms with Gasteiger partial charge in [-0.25, -0.2) is 9.97 Å². The van der Waals surface area contributed by atoms with Crippen LogP contribution in [0.25, 0.3) is 0 Å². The average molecular weight is 219 g/mol. The van der Waals surface area contributed by atoms with E-state index in [-0.39, 0.29) is 5.82 Å². The number of anilines is 2. The number of halogens is 2. The lowest BCUT2D eigenvalue weighted by Crippen LogP contribution is -2.05. The maximum Gasteiger partial charge on any atom is 0.150 e. The molecule has 0 aliphatic rings. The molecule has 0 fully saturated rings. The SMILES string of the molecule is C=C(Cl)CNc1ncnc(N)c1Cl. The van der Waals surface area contributed by atoms with Crippen LogP contribution in [0.4, 0.5) is 11.6 Å². The summed E-state index contributed by atoms with van der Waals surface area (Å²) in [6.07, 6.45) is 1.32. The van der Waals surface area contributed by atoms with Crippen molar-refractivity contribution in [2.75, 3.05) is 17.6 Å². The summed E-state index contributed by atoms with van der Waals surface area (Å²) >= 11 is 11.3. The van der Waals surface area contributed by atoms with E-state index in [1.165, 1.54) is 6.33 Å². The van der Waals surface area contributed by atoms with Crippen LogP contribution in [0.15, 0.2) is 17.9 Å². The molecule has 0 saturated carbocycles. The zero-order chi connectivity index (χ0) is 9.84. The summed E-state index contributed by atoms with van der Waals surface area (Å²) in [7, 11) is 0. The minimum absolute atomic E-state index is 0.236. The van der Waals surface area contributed by atoms with Crippen LogP contribution >= 0.6 is 23.2 Å². The van der Waals surface area contributed by atoms with Gasteiger partial charge < -0.3 is 11.1 Å². The summed E-state index contributed by atoms with van der Waals surface area (Å²) in [4.78, 5) is 7.58. The molecule has 0 aromatic carbocycles. The van der Waals surface area contributed by atoms with Crippen molar-refractivity contribution in [3.05, 3.63) is 23.0 Å². The van der Waals surface area contributed by atoms with Gasteiger partial charge in [0.25, 0.3) is 0 Å². The number of nitrogen functional groups attached to an aromatic ring is 1. The Morgan fingerprint density at radius 1 is 1.62 bits per heavy atom. The Kier molecular flexibility index (Phi) is 3.33. The van der Waals surface area contributed by atoms with Crippen molar-refractivity contribution in [1.82, 2.24) is 9.97 Å². The van der Waals surface area contributed by atoms with E-state index in [0.717, 1.165) is 0 Å². The fourth-order valence-corrected chi connectivity index (χ4v) is 0.918. The molecule has 0 amide bonds. The van der Waals surface area contributed by atoms with Crippen LogP contribution in [0.3, 0.4) is 0 Å². The van der Waals surface area contributed by atoms with Gasteiger partial charge in [0.05, 0.1) is 6.54 Å². The predicted octanol–water partition coefficient (Wildman–Crippen LogP) is 1.88. The topological polar surface area (TPSA) is 63.8 Å². The van der Waals surface area contributed by atoms with Gasteiger partial charge >= 0.3 is 0 Å². The molecule has 0 spiro atoms. The molecule has 0 aliphatic carbocycles. The molecule has 0 aliphatic heterocycles. The summed E-state index contributed by atoms with van der Waals surface area (Å²) in [5, 5.41) is 3.62. The van der Waals surface area contributed by atoms with Crippen molar-refractivity contribution in [3.63, 3.8) is 0 Å². The fourth-order valence-electron chi connectivity index (χ4n) is 0.686. The molecule has 13 heavy (non-hydrogen) atoms. The van der Waals surface area contributed by atoms with E-state index in [4.69, 9.17) is 28.9 Å². The number of nitrogens with zero attached hydrogens (tertiary/aromatic N) is 2. The zero-order valence-electron chi connectivity index (χ0n) is 6.72. The Labute approximate surface area is 85.8 Å². The molecular formula is C7H8Cl2N4. The van der Waals surface area contributed by atoms with E-state index in [2.05, 4.69) is 21.9 Å². The lowest BCUT2D eigenvalue weighted by Gasteiger charge is -2.06. The minimum Gasteiger partial charge on any atom is -0.382 e. The monoisotopic (exact) mass is 218 g/mol. The molecule has 0 unspecified atom stereocenters. The van der Waals surface area contributed by atoms with Crippen LogP contribution in [0, 0.1) is 0 Å². The predicted molar refractivity (Wildman–Crippen MR) is 54.9 cm³/mol. The second-order valence-electron chi connectivity index (χ2n) is 2.29. The van der Waals surface area contributed by atoms with Gasteiger partial charge in [0, 0.05) is 5.03 Å². The maximum absolute atomic E-state index is 5.79. The number of nitrogens with one attached hydrogen (secondary N) is 1. The summed E-state index contributed by atoms with van der Waals surface area (Å²) in [5.74, 6) is 0.690. The molecule has 0 atom stereocenters. The smallest absolute Gasteiger partial charge is 0.150 e. The zero-order valence-corrected chi connectivity index (χ0v) is 8.23. The van der Waals surface area contributed by atoms with Crippen molar-refractivity contribution in [3.8, 4) is 0 Å². The third-order valence-corrected chi connectivity index (χ3v) is 1.77. The van der Waals surface area contributed by atoms with Crippen molar-refractivity contribution >= 4 is 34.8 Å². The highest BCUT2D eigenvalue weighted by Gasteiger charge is 2.04. The second kappa shape index (κ2) is 4.30. The first-order valence-corrected chi connectivity index (χ1v) is 4.20. The number of hydrogen-bond donors (Lipinski definition) is 2. The van der Waals surface area contributed by atoms with Crippen molar-refractivity contribution < 1.29 is 0 Å². The lowest BCUT2D eigenvalue weighted by atomic mass is 10.5. The molecular weight excluding hydrogens is 211 g/mol. The van der Waals surface area contributed by atoms with Crippen LogP contribution < -0.4 is 11.1 Å². The van der Waals surface area contributed by atoms with E-state index in [1.807, 2.05) is 0 Å². The van der Waals surface area contributed by atoms with Crippen LogP contribution in [-0.4, -0.2) is 16.5 Å². The van der Waals surface area contributed by atoms with E-state index in [9.17, 15) is 0 Å². The molecule has 1 aromatic heterocycles. The Morgan fingerprint density at radius 2 is 2.31 bits per heavy atom. The van der Waals surface area contributed by atoms with Gasteiger partial charge in [-0.05, 0) is 0 Å². The Hall–Kier alpha value is -1.00. The number of hydrogen-bond acceptors (Lipinski definition) is 4. The van der Waals surface area contributed by atoms with Crippen LogP contribution in [0.5, 0.6) is 0 Å². The highest BCUT2D eigenvalue weighted by molar-refractivity contribution is 6.35. The fraction of sp³-hybridized carbons (Fsp3) is 0.143. The summed E-state index contributed by atoms with van der Waals surface area (Å²) in [6, 6.07) is 0. The lowest BCUT2D eigenvalue weighted by molar-refractivity contribution is 1.14. The molecule has 0 radical (unpaired) electrons. The first-order chi connectivity index (χ1) is 6.11. The van der Waals surface area contributed by atoms with Gasteiger partial charge in [-0.15, -0.1) is 0 Å². The molecule has 70 valence electrons. The molecule has 1 rings (SSSR count). The normalized spacial score (nSPS) is 9.69. The van der Waals surface area contributed by atoms with E-state index >= 15 is 0 Å². The third kappa shape index (κ3) is 2.75. The number of nitrogens with two attached hydrogens (primary N) is 1. The van der Waals surface area contributed by atoms with Gasteiger partial charge in [0.2, 0.25) is 0 Å². The molecule has 1 aromatic rings. The van der Waals surface area contributed by atoms with E-state index in [0.29, 0.717) is 22.4 Å². The standard InChI is InChI=1S/C7H8Cl2N4/c1-4(8)2-11-7-5(9)6(10)12-3-13-7/h3H,1-2H2,(H3,10,11,12,13). The molecule has 4 nitrogen and oxygen atoms in total. The number of aromatic nitrogens is 2. The van der Waals surface area contributed by atoms with E-state index in [1.54, 1.807) is 0 Å². The third-order valence-electron chi connectivity index (χ3n) is 1.26. The van der Waals surface area contributed by atoms with Crippen molar-refractivity contribution in [2.24, 2.45) is 0 Å². The van der Waals surface area contributed by atoms with Gasteiger partial charge in [0.1, 0.15) is 17.2 Å². The summed E-state index contributed by atoms with van der Waals surface area (Å²) in [5.41, 5.74) is 5.45. The quantitative estimate of drug-likeness (QED) is 0.814. The Morgan fingerprint density at radius 3 is 2.92 bits per heavy atom. The largest absolute Gasteiger partial charge is 0.382 e.